The van der Waals surface area contributed by atoms with Crippen LogP contribution >= 0.6 is 15.9 Å². The molecule has 138 valence electrons. The second-order valence-corrected chi connectivity index (χ2v) is 6.55. The third-order valence-corrected chi connectivity index (χ3v) is 4.96. The number of imide groups is 1. The molecular weight excluding hydrogens is 432 g/mol. The van der Waals surface area contributed by atoms with E-state index in [1.807, 2.05) is 6.07 Å². The van der Waals surface area contributed by atoms with Crippen molar-refractivity contribution in [2.75, 3.05) is 7.05 Å². The normalized spacial score (nSPS) is 13.0. The summed E-state index contributed by atoms with van der Waals surface area (Å²) < 4.78 is 0.0846. The van der Waals surface area contributed by atoms with Gasteiger partial charge in [-0.05, 0) is 28.9 Å². The predicted octanol–water partition coefficient (Wildman–Crippen LogP) is 2.54. The number of nitrogens with zero attached hydrogens (tertiary/aromatic N) is 5. The van der Waals surface area contributed by atoms with Gasteiger partial charge in [0.25, 0.3) is 17.4 Å². The zero-order chi connectivity index (χ0) is 20.7. The summed E-state index contributed by atoms with van der Waals surface area (Å²) in [7, 11) is 1.31. The zero-order valence-corrected chi connectivity index (χ0v) is 15.9. The SMILES string of the molecule is Cc1c(C#N)c(O)[nH]c(=O)c1N=Nc1c(C#N)cc2c(c1Br)C(=O)N(C)C2=O. The minimum atomic E-state index is -0.792. The second-order valence-electron chi connectivity index (χ2n) is 5.75. The second kappa shape index (κ2) is 6.72. The Hall–Kier alpha value is -3.83. The summed E-state index contributed by atoms with van der Waals surface area (Å²) in [5.41, 5.74) is -1.12. The van der Waals surface area contributed by atoms with Crippen molar-refractivity contribution < 1.29 is 14.7 Å². The predicted molar refractivity (Wildman–Crippen MR) is 97.6 cm³/mol. The summed E-state index contributed by atoms with van der Waals surface area (Å²) in [5, 5.41) is 35.8. The standard InChI is InChI=1S/C17H9BrN6O4/c1-6-9(5-20)14(25)21-15(26)12(6)22-23-13-7(4-19)3-8-10(11(13)18)17(28)24(2)16(8)27/h3H,1-2H3,(H2,21,25,26). The average Bonchev–Trinajstić information content (AvgIpc) is 2.87. The molecule has 0 fully saturated rings. The zero-order valence-electron chi connectivity index (χ0n) is 14.4. The molecule has 1 aromatic heterocycles. The molecule has 0 spiro atoms. The van der Waals surface area contributed by atoms with Crippen LogP contribution in [0.5, 0.6) is 5.88 Å². The van der Waals surface area contributed by atoms with Gasteiger partial charge in [0, 0.05) is 12.6 Å². The van der Waals surface area contributed by atoms with Crippen molar-refractivity contribution in [1.29, 1.82) is 10.5 Å². The molecule has 1 aromatic carbocycles. The number of pyridine rings is 1. The number of amides is 2. The third-order valence-electron chi connectivity index (χ3n) is 4.19. The van der Waals surface area contributed by atoms with Gasteiger partial charge in [0.05, 0.1) is 21.2 Å². The van der Waals surface area contributed by atoms with Gasteiger partial charge in [-0.2, -0.15) is 10.5 Å². The van der Waals surface area contributed by atoms with Crippen LogP contribution in [-0.4, -0.2) is 33.9 Å². The number of azo groups is 1. The van der Waals surface area contributed by atoms with Crippen LogP contribution in [0, 0.1) is 29.6 Å². The number of nitriles is 2. The summed E-state index contributed by atoms with van der Waals surface area (Å²) in [6, 6.07) is 4.84. The van der Waals surface area contributed by atoms with Gasteiger partial charge in [-0.1, -0.05) is 0 Å². The van der Waals surface area contributed by atoms with Gasteiger partial charge < -0.3 is 5.11 Å². The largest absolute Gasteiger partial charge is 0.494 e. The minimum Gasteiger partial charge on any atom is -0.494 e. The van der Waals surface area contributed by atoms with Crippen LogP contribution in [0.3, 0.4) is 0 Å². The van der Waals surface area contributed by atoms with Crippen LogP contribution in [0.4, 0.5) is 11.4 Å². The molecule has 1 aliphatic heterocycles. The quantitative estimate of drug-likeness (QED) is 0.537. The summed E-state index contributed by atoms with van der Waals surface area (Å²) >= 11 is 3.19. The summed E-state index contributed by atoms with van der Waals surface area (Å²) in [5.74, 6) is -1.71. The maximum absolute atomic E-state index is 12.3. The molecule has 1 aliphatic rings. The van der Waals surface area contributed by atoms with Crippen molar-refractivity contribution in [2.45, 2.75) is 6.92 Å². The van der Waals surface area contributed by atoms with Gasteiger partial charge in [0.2, 0.25) is 5.88 Å². The molecular formula is C17H9BrN6O4. The molecule has 2 N–H and O–H groups in total. The summed E-state index contributed by atoms with van der Waals surface area (Å²) in [6.45, 7) is 1.40. The summed E-state index contributed by atoms with van der Waals surface area (Å²) in [4.78, 5) is 39.5. The van der Waals surface area contributed by atoms with E-state index in [1.54, 1.807) is 6.07 Å². The number of carbonyl (C=O) groups is 2. The number of H-pyrrole nitrogens is 1. The van der Waals surface area contributed by atoms with E-state index in [1.165, 1.54) is 20.0 Å². The molecule has 0 bridgehead atoms. The fourth-order valence-corrected chi connectivity index (χ4v) is 3.37. The fraction of sp³-hybridized carbons (Fsp3) is 0.118. The number of aromatic hydroxyl groups is 1. The number of hydrogen-bond acceptors (Lipinski definition) is 8. The lowest BCUT2D eigenvalue weighted by Gasteiger charge is -2.06. The first-order valence-electron chi connectivity index (χ1n) is 7.59. The molecule has 0 atom stereocenters. The van der Waals surface area contributed by atoms with E-state index in [-0.39, 0.29) is 43.7 Å². The van der Waals surface area contributed by atoms with Crippen LogP contribution in [0.2, 0.25) is 0 Å². The van der Waals surface area contributed by atoms with E-state index in [0.717, 1.165) is 4.90 Å². The number of aromatic nitrogens is 1. The molecule has 0 saturated carbocycles. The molecule has 2 aromatic rings. The minimum absolute atomic E-state index is 0.0366. The van der Waals surface area contributed by atoms with Crippen molar-refractivity contribution in [3.63, 3.8) is 0 Å². The number of rotatable bonds is 2. The Morgan fingerprint density at radius 3 is 2.39 bits per heavy atom. The molecule has 0 saturated heterocycles. The topological polar surface area (TPSA) is 163 Å². The van der Waals surface area contributed by atoms with Crippen LogP contribution in [0.15, 0.2) is 25.6 Å². The maximum Gasteiger partial charge on any atom is 0.278 e. The molecule has 2 heterocycles. The van der Waals surface area contributed by atoms with Crippen molar-refractivity contribution in [2.24, 2.45) is 10.2 Å². The highest BCUT2D eigenvalue weighted by molar-refractivity contribution is 9.10. The Bertz CT molecular complexity index is 1250. The number of carbonyl (C=O) groups excluding carboxylic acids is 2. The first-order chi connectivity index (χ1) is 13.2. The Balaban J connectivity index is 2.23. The van der Waals surface area contributed by atoms with E-state index in [4.69, 9.17) is 5.26 Å². The molecule has 0 unspecified atom stereocenters. The average molecular weight is 441 g/mol. The molecule has 0 radical (unpaired) electrons. The van der Waals surface area contributed by atoms with E-state index in [0.29, 0.717) is 0 Å². The highest BCUT2D eigenvalue weighted by Gasteiger charge is 2.37. The van der Waals surface area contributed by atoms with Gasteiger partial charge in [-0.15, -0.1) is 10.2 Å². The van der Waals surface area contributed by atoms with Crippen molar-refractivity contribution in [3.05, 3.63) is 48.7 Å². The van der Waals surface area contributed by atoms with Gasteiger partial charge in [-0.25, -0.2) is 0 Å². The third kappa shape index (κ3) is 2.66. The van der Waals surface area contributed by atoms with Crippen LogP contribution in [0.25, 0.3) is 0 Å². The van der Waals surface area contributed by atoms with E-state index < -0.39 is 23.3 Å². The van der Waals surface area contributed by atoms with Gasteiger partial charge in [-0.3, -0.25) is 24.3 Å². The Morgan fingerprint density at radius 2 is 1.79 bits per heavy atom. The number of halogens is 1. The number of hydrogen-bond donors (Lipinski definition) is 2. The molecule has 28 heavy (non-hydrogen) atoms. The number of nitrogens with one attached hydrogen (secondary N) is 1. The fourth-order valence-electron chi connectivity index (χ4n) is 2.69. The first kappa shape index (κ1) is 18.9. The van der Waals surface area contributed by atoms with E-state index in [2.05, 4.69) is 31.1 Å². The monoisotopic (exact) mass is 440 g/mol. The molecule has 11 heteroatoms. The van der Waals surface area contributed by atoms with Crippen molar-refractivity contribution >= 4 is 39.1 Å². The number of benzene rings is 1. The van der Waals surface area contributed by atoms with Crippen LogP contribution < -0.4 is 5.56 Å². The number of aromatic amines is 1. The van der Waals surface area contributed by atoms with Gasteiger partial charge in [0.1, 0.15) is 23.4 Å². The number of fused-ring (bicyclic) bond motifs is 1. The lowest BCUT2D eigenvalue weighted by Crippen LogP contribution is -2.24. The van der Waals surface area contributed by atoms with E-state index in [9.17, 15) is 24.8 Å². The Kier molecular flexibility index (Phi) is 4.55. The van der Waals surface area contributed by atoms with E-state index >= 15 is 0 Å². The molecule has 0 aliphatic carbocycles. The Morgan fingerprint density at radius 1 is 1.14 bits per heavy atom. The first-order valence-corrected chi connectivity index (χ1v) is 8.38. The highest BCUT2D eigenvalue weighted by Crippen LogP contribution is 2.39. The maximum atomic E-state index is 12.3. The van der Waals surface area contributed by atoms with Crippen molar-refractivity contribution in [1.82, 2.24) is 9.88 Å². The van der Waals surface area contributed by atoms with Crippen LogP contribution in [0.1, 0.15) is 37.4 Å². The Labute approximate surface area is 165 Å². The van der Waals surface area contributed by atoms with Gasteiger partial charge >= 0.3 is 0 Å². The molecule has 2 amide bonds. The highest BCUT2D eigenvalue weighted by atomic mass is 79.9. The lowest BCUT2D eigenvalue weighted by atomic mass is 10.0. The summed E-state index contributed by atoms with van der Waals surface area (Å²) in [6.07, 6.45) is 0. The molecule has 10 nitrogen and oxygen atoms in total. The molecule has 3 rings (SSSR count). The van der Waals surface area contributed by atoms with Crippen LogP contribution in [-0.2, 0) is 0 Å². The lowest BCUT2D eigenvalue weighted by molar-refractivity contribution is 0.0693. The van der Waals surface area contributed by atoms with Crippen molar-refractivity contribution in [3.8, 4) is 18.0 Å². The van der Waals surface area contributed by atoms with Gasteiger partial charge in [0.15, 0.2) is 5.69 Å². The smallest absolute Gasteiger partial charge is 0.278 e.